The van der Waals surface area contributed by atoms with E-state index in [4.69, 9.17) is 0 Å². The number of aryl methyl sites for hydroxylation is 4. The maximum Gasteiger partial charge on any atom is 0.230 e. The van der Waals surface area contributed by atoms with E-state index in [1.165, 1.54) is 11.1 Å². The average Bonchev–Trinajstić information content (AvgIpc) is 2.64. The van der Waals surface area contributed by atoms with Gasteiger partial charge in [0.05, 0.1) is 16.9 Å². The van der Waals surface area contributed by atoms with E-state index in [0.29, 0.717) is 11.9 Å². The third kappa shape index (κ3) is 3.49. The second-order valence-corrected chi connectivity index (χ2v) is 6.80. The molecule has 0 unspecified atom stereocenters. The minimum absolute atomic E-state index is 0.497. The second kappa shape index (κ2) is 6.76. The Morgan fingerprint density at radius 1 is 0.704 bits per heavy atom. The van der Waals surface area contributed by atoms with Gasteiger partial charge in [-0.2, -0.15) is 0 Å². The first-order valence-corrected chi connectivity index (χ1v) is 8.93. The van der Waals surface area contributed by atoms with E-state index < -0.39 is 0 Å². The lowest BCUT2D eigenvalue weighted by molar-refractivity contribution is 1.07. The molecule has 5 heteroatoms. The molecule has 4 aromatic rings. The van der Waals surface area contributed by atoms with E-state index >= 15 is 0 Å². The predicted octanol–water partition coefficient (Wildman–Crippen LogP) is 5.06. The molecule has 0 atom stereocenters. The number of nitrogens with one attached hydrogen (secondary N) is 1. The van der Waals surface area contributed by atoms with Crippen molar-refractivity contribution in [1.82, 2.24) is 19.9 Å². The Kier molecular flexibility index (Phi) is 4.28. The normalized spacial score (nSPS) is 11.0. The van der Waals surface area contributed by atoms with Crippen molar-refractivity contribution in [2.24, 2.45) is 0 Å². The van der Waals surface area contributed by atoms with Crippen LogP contribution >= 0.6 is 0 Å². The lowest BCUT2D eigenvalue weighted by Crippen LogP contribution is -2.05. The minimum Gasteiger partial charge on any atom is -0.293 e. The van der Waals surface area contributed by atoms with Crippen LogP contribution in [-0.4, -0.2) is 19.9 Å². The number of fused-ring (bicyclic) bond motifs is 1. The van der Waals surface area contributed by atoms with Gasteiger partial charge in [-0.05, 0) is 57.0 Å². The zero-order valence-electron chi connectivity index (χ0n) is 15.9. The first-order chi connectivity index (χ1) is 13.0. The monoisotopic (exact) mass is 355 g/mol. The van der Waals surface area contributed by atoms with E-state index in [-0.39, 0.29) is 0 Å². The maximum absolute atomic E-state index is 4.66. The quantitative estimate of drug-likeness (QED) is 0.556. The predicted molar refractivity (Wildman–Crippen MR) is 109 cm³/mol. The van der Waals surface area contributed by atoms with Crippen LogP contribution < -0.4 is 5.32 Å². The molecular weight excluding hydrogens is 334 g/mol. The lowest BCUT2D eigenvalue weighted by Gasteiger charge is -2.10. The molecule has 2 aromatic carbocycles. The Morgan fingerprint density at radius 2 is 1.41 bits per heavy atom. The highest BCUT2D eigenvalue weighted by Crippen LogP contribution is 2.23. The van der Waals surface area contributed by atoms with Crippen LogP contribution in [0.4, 0.5) is 11.9 Å². The van der Waals surface area contributed by atoms with Gasteiger partial charge in [0.2, 0.25) is 11.9 Å². The summed E-state index contributed by atoms with van der Waals surface area (Å²) >= 11 is 0. The van der Waals surface area contributed by atoms with Crippen LogP contribution in [0.5, 0.6) is 0 Å². The summed E-state index contributed by atoms with van der Waals surface area (Å²) in [6, 6.07) is 16.3. The summed E-state index contributed by atoms with van der Waals surface area (Å²) in [7, 11) is 0. The molecule has 4 rings (SSSR count). The number of hydrogen-bond acceptors (Lipinski definition) is 5. The van der Waals surface area contributed by atoms with Gasteiger partial charge in [0.25, 0.3) is 0 Å². The van der Waals surface area contributed by atoms with Gasteiger partial charge in [0, 0.05) is 16.6 Å². The largest absolute Gasteiger partial charge is 0.293 e. The Hall–Kier alpha value is -3.34. The summed E-state index contributed by atoms with van der Waals surface area (Å²) < 4.78 is 0. The van der Waals surface area contributed by atoms with Gasteiger partial charge in [-0.25, -0.2) is 19.9 Å². The van der Waals surface area contributed by atoms with Crippen LogP contribution in [0.1, 0.15) is 22.5 Å². The van der Waals surface area contributed by atoms with E-state index in [1.807, 2.05) is 50.2 Å². The van der Waals surface area contributed by atoms with Crippen LogP contribution in [0, 0.1) is 27.7 Å². The van der Waals surface area contributed by atoms with Crippen LogP contribution in [0.3, 0.4) is 0 Å². The highest BCUT2D eigenvalue weighted by molar-refractivity contribution is 5.83. The third-order valence-corrected chi connectivity index (χ3v) is 4.65. The molecule has 0 aliphatic carbocycles. The minimum atomic E-state index is 0.497. The number of aromatic nitrogens is 4. The molecule has 5 nitrogen and oxygen atoms in total. The molecule has 0 saturated heterocycles. The summed E-state index contributed by atoms with van der Waals surface area (Å²) in [6.45, 7) is 8.15. The number of hydrogen-bond donors (Lipinski definition) is 1. The molecule has 2 heterocycles. The fourth-order valence-corrected chi connectivity index (χ4v) is 3.08. The Labute approximate surface area is 158 Å². The Morgan fingerprint density at radius 3 is 2.19 bits per heavy atom. The van der Waals surface area contributed by atoms with Gasteiger partial charge < -0.3 is 0 Å². The summed E-state index contributed by atoms with van der Waals surface area (Å²) in [6.07, 6.45) is 0. The van der Waals surface area contributed by atoms with Gasteiger partial charge >= 0.3 is 0 Å². The fourth-order valence-electron chi connectivity index (χ4n) is 3.08. The van der Waals surface area contributed by atoms with Crippen LogP contribution in [0.25, 0.3) is 22.2 Å². The van der Waals surface area contributed by atoms with Gasteiger partial charge in [-0.3, -0.25) is 5.32 Å². The Bertz CT molecular complexity index is 1140. The van der Waals surface area contributed by atoms with Crippen molar-refractivity contribution in [1.29, 1.82) is 0 Å². The molecule has 27 heavy (non-hydrogen) atoms. The van der Waals surface area contributed by atoms with E-state index in [2.05, 4.69) is 51.2 Å². The van der Waals surface area contributed by atoms with Crippen LogP contribution in [0.15, 0.2) is 48.5 Å². The standard InChI is InChI=1S/C22H21N5/c1-13-10-18-16(4)24-22(26-20(18)11-14(13)2)27-21-23-15(3)12-19(25-21)17-8-6-5-7-9-17/h5-12H,1-4H3,(H,23,24,25,26,27). The number of nitrogens with zero attached hydrogens (tertiary/aromatic N) is 4. The lowest BCUT2D eigenvalue weighted by atomic mass is 10.1. The van der Waals surface area contributed by atoms with Crippen LogP contribution in [0.2, 0.25) is 0 Å². The first kappa shape index (κ1) is 17.1. The molecule has 0 spiro atoms. The zero-order chi connectivity index (χ0) is 19.0. The van der Waals surface area contributed by atoms with Crippen molar-refractivity contribution in [2.75, 3.05) is 5.32 Å². The van der Waals surface area contributed by atoms with Gasteiger partial charge in [0.1, 0.15) is 0 Å². The van der Waals surface area contributed by atoms with E-state index in [9.17, 15) is 0 Å². The van der Waals surface area contributed by atoms with Gasteiger partial charge in [-0.1, -0.05) is 30.3 Å². The van der Waals surface area contributed by atoms with Crippen molar-refractivity contribution in [3.63, 3.8) is 0 Å². The molecule has 2 aromatic heterocycles. The van der Waals surface area contributed by atoms with Crippen molar-refractivity contribution in [3.8, 4) is 11.3 Å². The molecule has 0 fully saturated rings. The number of anilines is 2. The van der Waals surface area contributed by atoms with Gasteiger partial charge in [-0.15, -0.1) is 0 Å². The highest BCUT2D eigenvalue weighted by Gasteiger charge is 2.10. The highest BCUT2D eigenvalue weighted by atomic mass is 15.2. The second-order valence-electron chi connectivity index (χ2n) is 6.80. The fraction of sp³-hybridized carbons (Fsp3) is 0.182. The molecule has 0 aliphatic rings. The van der Waals surface area contributed by atoms with E-state index in [1.54, 1.807) is 0 Å². The molecule has 134 valence electrons. The molecule has 0 saturated carbocycles. The smallest absolute Gasteiger partial charge is 0.230 e. The molecular formula is C22H21N5. The van der Waals surface area contributed by atoms with Crippen LogP contribution in [-0.2, 0) is 0 Å². The molecule has 0 aliphatic heterocycles. The Balaban J connectivity index is 1.74. The van der Waals surface area contributed by atoms with Gasteiger partial charge in [0.15, 0.2) is 0 Å². The third-order valence-electron chi connectivity index (χ3n) is 4.65. The molecule has 0 amide bonds. The average molecular weight is 355 g/mol. The maximum atomic E-state index is 4.66. The van der Waals surface area contributed by atoms with E-state index in [0.717, 1.165) is 33.5 Å². The zero-order valence-corrected chi connectivity index (χ0v) is 15.9. The molecule has 0 bridgehead atoms. The summed E-state index contributed by atoms with van der Waals surface area (Å²) in [5.74, 6) is 1.00. The molecule has 0 radical (unpaired) electrons. The van der Waals surface area contributed by atoms with Crippen molar-refractivity contribution in [2.45, 2.75) is 27.7 Å². The van der Waals surface area contributed by atoms with Crippen molar-refractivity contribution in [3.05, 3.63) is 71.0 Å². The van der Waals surface area contributed by atoms with Crippen molar-refractivity contribution < 1.29 is 0 Å². The molecule has 1 N–H and O–H groups in total. The first-order valence-electron chi connectivity index (χ1n) is 8.93. The summed E-state index contributed by atoms with van der Waals surface area (Å²) in [5.41, 5.74) is 7.11. The summed E-state index contributed by atoms with van der Waals surface area (Å²) in [4.78, 5) is 18.4. The number of benzene rings is 2. The van der Waals surface area contributed by atoms with Crippen molar-refractivity contribution >= 4 is 22.8 Å². The topological polar surface area (TPSA) is 63.6 Å². The number of rotatable bonds is 3. The summed E-state index contributed by atoms with van der Waals surface area (Å²) in [5, 5.41) is 4.25. The SMILES string of the molecule is Cc1cc(-c2ccccc2)nc(Nc2nc(C)c3cc(C)c(C)cc3n2)n1.